The lowest BCUT2D eigenvalue weighted by Gasteiger charge is -2.26. The zero-order valence-corrected chi connectivity index (χ0v) is 14.0. The van der Waals surface area contributed by atoms with Gasteiger partial charge >= 0.3 is 0 Å². The van der Waals surface area contributed by atoms with E-state index in [1.165, 1.54) is 44.1 Å². The maximum Gasteiger partial charge on any atom is 0.150 e. The SMILES string of the molecule is C=C(c1cccc(C=O)c1/C=C\C)C(C)CC1CCCCC1. The lowest BCUT2D eigenvalue weighted by molar-refractivity contribution is 0.112. The van der Waals surface area contributed by atoms with Gasteiger partial charge in [0.2, 0.25) is 0 Å². The first-order chi connectivity index (χ1) is 10.7. The van der Waals surface area contributed by atoms with Crippen molar-refractivity contribution in [3.8, 4) is 0 Å². The molecule has 2 rings (SSSR count). The van der Waals surface area contributed by atoms with Crippen molar-refractivity contribution in [3.05, 3.63) is 47.5 Å². The standard InChI is InChI=1S/C21H28O/c1-4-9-21-19(15-22)12-8-13-20(21)17(3)16(2)14-18-10-6-5-7-11-18/h4,8-9,12-13,15-16,18H,3,5-7,10-11,14H2,1-2H3/b9-4-. The normalized spacial score (nSPS) is 17.5. The second-order valence-electron chi connectivity index (χ2n) is 6.59. The topological polar surface area (TPSA) is 17.1 Å². The molecule has 1 fully saturated rings. The molecule has 0 bridgehead atoms. The third-order valence-electron chi connectivity index (χ3n) is 4.95. The summed E-state index contributed by atoms with van der Waals surface area (Å²) in [6.45, 7) is 8.63. The molecule has 0 N–H and O–H groups in total. The molecule has 0 aliphatic heterocycles. The summed E-state index contributed by atoms with van der Waals surface area (Å²) in [5.41, 5.74) is 4.07. The van der Waals surface area contributed by atoms with Crippen molar-refractivity contribution in [1.29, 1.82) is 0 Å². The highest BCUT2D eigenvalue weighted by Gasteiger charge is 2.20. The second kappa shape index (κ2) is 8.12. The number of hydrogen-bond acceptors (Lipinski definition) is 1. The van der Waals surface area contributed by atoms with Crippen molar-refractivity contribution in [2.24, 2.45) is 11.8 Å². The van der Waals surface area contributed by atoms with Crippen LogP contribution in [0.1, 0.15) is 73.9 Å². The van der Waals surface area contributed by atoms with E-state index in [1.807, 2.05) is 31.2 Å². The van der Waals surface area contributed by atoms with Gasteiger partial charge in [-0.2, -0.15) is 0 Å². The molecule has 1 heteroatoms. The van der Waals surface area contributed by atoms with Gasteiger partial charge in [-0.15, -0.1) is 0 Å². The van der Waals surface area contributed by atoms with Gasteiger partial charge in [0, 0.05) is 5.56 Å². The van der Waals surface area contributed by atoms with Crippen LogP contribution in [-0.4, -0.2) is 6.29 Å². The third-order valence-corrected chi connectivity index (χ3v) is 4.95. The Bertz CT molecular complexity index is 547. The Balaban J connectivity index is 2.18. The van der Waals surface area contributed by atoms with Crippen molar-refractivity contribution >= 4 is 17.9 Å². The summed E-state index contributed by atoms with van der Waals surface area (Å²) in [6.07, 6.45) is 13.1. The van der Waals surface area contributed by atoms with Gasteiger partial charge in [-0.05, 0) is 41.9 Å². The summed E-state index contributed by atoms with van der Waals surface area (Å²) < 4.78 is 0. The summed E-state index contributed by atoms with van der Waals surface area (Å²) in [5.74, 6) is 1.31. The number of allylic oxidation sites excluding steroid dienone is 2. The Hall–Kier alpha value is -1.63. The molecule has 1 aromatic rings. The van der Waals surface area contributed by atoms with Gasteiger partial charge in [-0.3, -0.25) is 4.79 Å². The van der Waals surface area contributed by atoms with E-state index in [1.54, 1.807) is 0 Å². The van der Waals surface area contributed by atoms with Crippen LogP contribution in [-0.2, 0) is 0 Å². The maximum atomic E-state index is 11.3. The predicted molar refractivity (Wildman–Crippen MR) is 95.9 cm³/mol. The molecule has 0 radical (unpaired) electrons. The monoisotopic (exact) mass is 296 g/mol. The van der Waals surface area contributed by atoms with Crippen LogP contribution in [0.3, 0.4) is 0 Å². The molecular formula is C21H28O. The summed E-state index contributed by atoms with van der Waals surface area (Å²) in [5, 5.41) is 0. The van der Waals surface area contributed by atoms with E-state index in [4.69, 9.17) is 0 Å². The highest BCUT2D eigenvalue weighted by molar-refractivity contribution is 5.87. The largest absolute Gasteiger partial charge is 0.298 e. The minimum absolute atomic E-state index is 0.467. The molecule has 0 saturated heterocycles. The van der Waals surface area contributed by atoms with Crippen LogP contribution < -0.4 is 0 Å². The van der Waals surface area contributed by atoms with Gasteiger partial charge in [0.1, 0.15) is 0 Å². The molecule has 1 saturated carbocycles. The number of carbonyl (C=O) groups is 1. The average molecular weight is 296 g/mol. The lowest BCUT2D eigenvalue weighted by atomic mass is 9.79. The molecule has 1 aliphatic rings. The van der Waals surface area contributed by atoms with E-state index in [0.717, 1.165) is 28.9 Å². The molecule has 1 unspecified atom stereocenters. The Morgan fingerprint density at radius 3 is 2.68 bits per heavy atom. The minimum atomic E-state index is 0.467. The molecule has 118 valence electrons. The van der Waals surface area contributed by atoms with Gasteiger partial charge in [0.25, 0.3) is 0 Å². The number of hydrogen-bond donors (Lipinski definition) is 0. The van der Waals surface area contributed by atoms with Crippen LogP contribution in [0.4, 0.5) is 0 Å². The molecule has 1 nitrogen and oxygen atoms in total. The van der Waals surface area contributed by atoms with Crippen LogP contribution in [0.2, 0.25) is 0 Å². The lowest BCUT2D eigenvalue weighted by Crippen LogP contribution is -2.12. The molecule has 0 heterocycles. The first-order valence-corrected chi connectivity index (χ1v) is 8.57. The van der Waals surface area contributed by atoms with Crippen molar-refractivity contribution in [1.82, 2.24) is 0 Å². The number of carbonyl (C=O) groups excluding carboxylic acids is 1. The van der Waals surface area contributed by atoms with Gasteiger partial charge in [-0.1, -0.05) is 76.0 Å². The van der Waals surface area contributed by atoms with Crippen molar-refractivity contribution in [2.75, 3.05) is 0 Å². The van der Waals surface area contributed by atoms with Gasteiger partial charge in [0.05, 0.1) is 0 Å². The Morgan fingerprint density at radius 2 is 2.05 bits per heavy atom. The van der Waals surface area contributed by atoms with E-state index in [2.05, 4.69) is 19.6 Å². The number of benzene rings is 1. The third kappa shape index (κ3) is 3.97. The molecule has 1 aromatic carbocycles. The first-order valence-electron chi connectivity index (χ1n) is 8.57. The molecule has 1 aliphatic carbocycles. The predicted octanol–water partition coefficient (Wildman–Crippen LogP) is 6.15. The Kier molecular flexibility index (Phi) is 6.18. The van der Waals surface area contributed by atoms with Gasteiger partial charge < -0.3 is 0 Å². The highest BCUT2D eigenvalue weighted by atomic mass is 16.1. The van der Waals surface area contributed by atoms with Crippen molar-refractivity contribution < 1.29 is 4.79 Å². The minimum Gasteiger partial charge on any atom is -0.298 e. The number of aldehydes is 1. The number of rotatable bonds is 6. The quantitative estimate of drug-likeness (QED) is 0.575. The smallest absolute Gasteiger partial charge is 0.150 e. The second-order valence-corrected chi connectivity index (χ2v) is 6.59. The van der Waals surface area contributed by atoms with E-state index >= 15 is 0 Å². The highest BCUT2D eigenvalue weighted by Crippen LogP contribution is 2.35. The van der Waals surface area contributed by atoms with E-state index < -0.39 is 0 Å². The molecule has 1 atom stereocenters. The zero-order chi connectivity index (χ0) is 15.9. The summed E-state index contributed by atoms with van der Waals surface area (Å²) >= 11 is 0. The Morgan fingerprint density at radius 1 is 1.32 bits per heavy atom. The summed E-state index contributed by atoms with van der Waals surface area (Å²) in [4.78, 5) is 11.3. The van der Waals surface area contributed by atoms with Crippen LogP contribution in [0.15, 0.2) is 30.9 Å². The summed E-state index contributed by atoms with van der Waals surface area (Å²) in [7, 11) is 0. The zero-order valence-electron chi connectivity index (χ0n) is 14.0. The fourth-order valence-corrected chi connectivity index (χ4v) is 3.65. The average Bonchev–Trinajstić information content (AvgIpc) is 2.55. The Labute approximate surface area is 135 Å². The fraction of sp³-hybridized carbons (Fsp3) is 0.476. The van der Waals surface area contributed by atoms with Gasteiger partial charge in [0.15, 0.2) is 6.29 Å². The molecule has 22 heavy (non-hydrogen) atoms. The molecule has 0 aromatic heterocycles. The summed E-state index contributed by atoms with van der Waals surface area (Å²) in [6, 6.07) is 5.94. The first kappa shape index (κ1) is 16.7. The van der Waals surface area contributed by atoms with Gasteiger partial charge in [-0.25, -0.2) is 0 Å². The van der Waals surface area contributed by atoms with Crippen LogP contribution in [0.25, 0.3) is 11.6 Å². The van der Waals surface area contributed by atoms with Crippen molar-refractivity contribution in [2.45, 2.75) is 52.4 Å². The van der Waals surface area contributed by atoms with E-state index in [-0.39, 0.29) is 0 Å². The molecular weight excluding hydrogens is 268 g/mol. The van der Waals surface area contributed by atoms with E-state index in [9.17, 15) is 4.79 Å². The maximum absolute atomic E-state index is 11.3. The van der Waals surface area contributed by atoms with Crippen LogP contribution in [0.5, 0.6) is 0 Å². The van der Waals surface area contributed by atoms with E-state index in [0.29, 0.717) is 5.92 Å². The van der Waals surface area contributed by atoms with Crippen LogP contribution >= 0.6 is 0 Å². The molecule has 0 amide bonds. The van der Waals surface area contributed by atoms with Crippen molar-refractivity contribution in [3.63, 3.8) is 0 Å². The fourth-order valence-electron chi connectivity index (χ4n) is 3.65. The van der Waals surface area contributed by atoms with Crippen LogP contribution in [0, 0.1) is 11.8 Å². The molecule has 0 spiro atoms.